The topological polar surface area (TPSA) is 55.6 Å². The molecule has 2 N–H and O–H groups in total. The van der Waals surface area contributed by atoms with Gasteiger partial charge in [-0.3, -0.25) is 4.79 Å². The molecule has 1 amide bonds. The second kappa shape index (κ2) is 8.79. The van der Waals surface area contributed by atoms with Crippen LogP contribution in [-0.4, -0.2) is 44.2 Å². The van der Waals surface area contributed by atoms with Gasteiger partial charge in [0, 0.05) is 20.2 Å². The highest BCUT2D eigenvalue weighted by Gasteiger charge is 2.20. The molecule has 0 spiro atoms. The van der Waals surface area contributed by atoms with Crippen molar-refractivity contribution in [2.45, 2.75) is 27.2 Å². The average Bonchev–Trinajstić information content (AvgIpc) is 2.17. The first-order valence-corrected chi connectivity index (χ1v) is 5.44. The van der Waals surface area contributed by atoms with Crippen molar-refractivity contribution in [2.75, 3.05) is 33.4 Å². The Hall–Kier alpha value is -0.320. The molecule has 0 aliphatic rings. The maximum absolute atomic E-state index is 11.6. The van der Waals surface area contributed by atoms with Crippen molar-refractivity contribution in [3.05, 3.63) is 0 Å². The van der Waals surface area contributed by atoms with Crippen molar-refractivity contribution in [1.29, 1.82) is 0 Å². The summed E-state index contributed by atoms with van der Waals surface area (Å²) in [4.78, 5) is 13.3. The molecule has 4 nitrogen and oxygen atoms in total. The van der Waals surface area contributed by atoms with E-state index in [4.69, 9.17) is 10.5 Å². The Morgan fingerprint density at radius 2 is 2.00 bits per heavy atom. The maximum atomic E-state index is 11.6. The van der Waals surface area contributed by atoms with Gasteiger partial charge in [0.1, 0.15) is 6.61 Å². The quantitative estimate of drug-likeness (QED) is 0.695. The number of carbonyl (C=O) groups excluding carboxylic acids is 1. The van der Waals surface area contributed by atoms with E-state index in [1.807, 2.05) is 20.8 Å². The van der Waals surface area contributed by atoms with Gasteiger partial charge in [0.05, 0.1) is 0 Å². The van der Waals surface area contributed by atoms with Gasteiger partial charge in [-0.2, -0.15) is 0 Å². The van der Waals surface area contributed by atoms with Crippen LogP contribution in [0, 0.1) is 5.41 Å². The molecular formula is C11H25ClN2O2. The maximum Gasteiger partial charge on any atom is 0.248 e. The van der Waals surface area contributed by atoms with Crippen molar-refractivity contribution in [2.24, 2.45) is 11.1 Å². The first kappa shape index (κ1) is 18.1. The number of likely N-dealkylation sites (N-methyl/N-ethyl adjacent to an activating group) is 1. The molecule has 0 fully saturated rings. The highest BCUT2D eigenvalue weighted by Crippen LogP contribution is 2.13. The summed E-state index contributed by atoms with van der Waals surface area (Å²) in [5.74, 6) is 0.0185. The normalized spacial score (nSPS) is 10.8. The van der Waals surface area contributed by atoms with Crippen LogP contribution in [0.2, 0.25) is 0 Å². The number of rotatable bonds is 7. The van der Waals surface area contributed by atoms with E-state index >= 15 is 0 Å². The van der Waals surface area contributed by atoms with Gasteiger partial charge in [-0.15, -0.1) is 12.4 Å². The zero-order chi connectivity index (χ0) is 11.9. The van der Waals surface area contributed by atoms with Crippen LogP contribution in [0.4, 0.5) is 0 Å². The lowest BCUT2D eigenvalue weighted by Crippen LogP contribution is -2.41. The molecule has 0 rings (SSSR count). The van der Waals surface area contributed by atoms with Crippen LogP contribution in [0.25, 0.3) is 0 Å². The van der Waals surface area contributed by atoms with Crippen LogP contribution in [0.15, 0.2) is 0 Å². The zero-order valence-electron chi connectivity index (χ0n) is 10.8. The second-order valence-electron chi connectivity index (χ2n) is 4.67. The third kappa shape index (κ3) is 7.91. The molecule has 0 aliphatic heterocycles. The Balaban J connectivity index is 0. The summed E-state index contributed by atoms with van der Waals surface area (Å²) in [6.07, 6.45) is 0.936. The van der Waals surface area contributed by atoms with Gasteiger partial charge >= 0.3 is 0 Å². The predicted molar refractivity (Wildman–Crippen MR) is 68.8 cm³/mol. The minimum Gasteiger partial charge on any atom is -0.372 e. The fourth-order valence-electron chi connectivity index (χ4n) is 1.21. The van der Waals surface area contributed by atoms with Crippen LogP contribution in [-0.2, 0) is 9.53 Å². The Morgan fingerprint density at radius 3 is 2.44 bits per heavy atom. The molecular weight excluding hydrogens is 228 g/mol. The number of hydrogen-bond donors (Lipinski definition) is 1. The molecule has 0 aromatic rings. The molecule has 0 aliphatic carbocycles. The van der Waals surface area contributed by atoms with Gasteiger partial charge in [-0.1, -0.05) is 20.8 Å². The molecule has 0 saturated heterocycles. The number of ether oxygens (including phenoxy) is 1. The number of amides is 1. The molecule has 5 heteroatoms. The van der Waals surface area contributed by atoms with Crippen LogP contribution < -0.4 is 5.73 Å². The molecule has 0 aromatic heterocycles. The zero-order valence-corrected chi connectivity index (χ0v) is 11.6. The first-order valence-electron chi connectivity index (χ1n) is 5.44. The van der Waals surface area contributed by atoms with Gasteiger partial charge < -0.3 is 15.4 Å². The standard InChI is InChI=1S/C11H24N2O2.ClH/c1-5-6-15-7-10(14)13(4)9-11(2,3)8-12;/h5-9,12H2,1-4H3;1H. The SMILES string of the molecule is CCCOCC(=O)N(C)CC(C)(C)CN.Cl. The summed E-state index contributed by atoms with van der Waals surface area (Å²) >= 11 is 0. The highest BCUT2D eigenvalue weighted by atomic mass is 35.5. The Bertz CT molecular complexity index is 198. The van der Waals surface area contributed by atoms with Gasteiger partial charge in [0.25, 0.3) is 0 Å². The fourth-order valence-corrected chi connectivity index (χ4v) is 1.21. The van der Waals surface area contributed by atoms with E-state index in [9.17, 15) is 4.79 Å². The van der Waals surface area contributed by atoms with Gasteiger partial charge in [0.15, 0.2) is 0 Å². The number of halogens is 1. The lowest BCUT2D eigenvalue weighted by Gasteiger charge is -2.28. The van der Waals surface area contributed by atoms with E-state index in [2.05, 4.69) is 0 Å². The second-order valence-corrected chi connectivity index (χ2v) is 4.67. The van der Waals surface area contributed by atoms with Gasteiger partial charge in [0.2, 0.25) is 5.91 Å². The average molecular weight is 253 g/mol. The van der Waals surface area contributed by atoms with Crippen molar-refractivity contribution < 1.29 is 9.53 Å². The Labute approximate surface area is 105 Å². The lowest BCUT2D eigenvalue weighted by molar-refractivity contribution is -0.136. The van der Waals surface area contributed by atoms with Crippen molar-refractivity contribution in [3.63, 3.8) is 0 Å². The molecule has 0 heterocycles. The molecule has 0 atom stereocenters. The van der Waals surface area contributed by atoms with Crippen LogP contribution in [0.3, 0.4) is 0 Å². The van der Waals surface area contributed by atoms with Gasteiger partial charge in [-0.25, -0.2) is 0 Å². The predicted octanol–water partition coefficient (Wildman–Crippen LogP) is 1.28. The number of hydrogen-bond acceptors (Lipinski definition) is 3. The molecule has 0 aromatic carbocycles. The van der Waals surface area contributed by atoms with Crippen molar-refractivity contribution in [1.82, 2.24) is 4.90 Å². The first-order chi connectivity index (χ1) is 6.93. The Morgan fingerprint density at radius 1 is 1.44 bits per heavy atom. The summed E-state index contributed by atoms with van der Waals surface area (Å²) in [6.45, 7) is 8.15. The monoisotopic (exact) mass is 252 g/mol. The molecule has 0 saturated carbocycles. The van der Waals surface area contributed by atoms with Gasteiger partial charge in [-0.05, 0) is 18.4 Å². The summed E-state index contributed by atoms with van der Waals surface area (Å²) in [7, 11) is 1.79. The molecule has 0 bridgehead atoms. The van der Waals surface area contributed by atoms with Crippen molar-refractivity contribution >= 4 is 18.3 Å². The smallest absolute Gasteiger partial charge is 0.248 e. The van der Waals surface area contributed by atoms with E-state index in [0.717, 1.165) is 6.42 Å². The van der Waals surface area contributed by atoms with E-state index in [-0.39, 0.29) is 30.3 Å². The Kier molecular flexibility index (Phi) is 9.92. The number of nitrogens with two attached hydrogens (primary N) is 1. The highest BCUT2D eigenvalue weighted by molar-refractivity contribution is 5.85. The summed E-state index contributed by atoms with van der Waals surface area (Å²) in [5.41, 5.74) is 5.57. The number of carbonyl (C=O) groups is 1. The number of nitrogens with zero attached hydrogens (tertiary/aromatic N) is 1. The molecule has 0 unspecified atom stereocenters. The van der Waals surface area contributed by atoms with E-state index in [0.29, 0.717) is 19.7 Å². The fraction of sp³-hybridized carbons (Fsp3) is 0.909. The van der Waals surface area contributed by atoms with Crippen LogP contribution in [0.5, 0.6) is 0 Å². The molecule has 98 valence electrons. The largest absolute Gasteiger partial charge is 0.372 e. The molecule has 16 heavy (non-hydrogen) atoms. The van der Waals surface area contributed by atoms with E-state index < -0.39 is 0 Å². The molecule has 0 radical (unpaired) electrons. The van der Waals surface area contributed by atoms with Crippen LogP contribution >= 0.6 is 12.4 Å². The summed E-state index contributed by atoms with van der Waals surface area (Å²) < 4.78 is 5.19. The van der Waals surface area contributed by atoms with Crippen molar-refractivity contribution in [3.8, 4) is 0 Å². The third-order valence-corrected chi connectivity index (χ3v) is 2.22. The summed E-state index contributed by atoms with van der Waals surface area (Å²) in [5, 5.41) is 0. The minimum absolute atomic E-state index is 0. The van der Waals surface area contributed by atoms with Crippen LogP contribution in [0.1, 0.15) is 27.2 Å². The minimum atomic E-state index is -0.0326. The summed E-state index contributed by atoms with van der Waals surface area (Å²) in [6, 6.07) is 0. The van der Waals surface area contributed by atoms with E-state index in [1.54, 1.807) is 11.9 Å². The van der Waals surface area contributed by atoms with E-state index in [1.165, 1.54) is 0 Å². The third-order valence-electron chi connectivity index (χ3n) is 2.22. The lowest BCUT2D eigenvalue weighted by atomic mass is 9.93.